The molecule has 0 aromatic heterocycles. The van der Waals surface area contributed by atoms with E-state index < -0.39 is 17.9 Å². The molecule has 0 aliphatic heterocycles. The molecule has 4 heteroatoms. The summed E-state index contributed by atoms with van der Waals surface area (Å²) >= 11 is 0. The topological polar surface area (TPSA) is 80.4 Å². The monoisotopic (exact) mass is 159 g/mol. The van der Waals surface area contributed by atoms with E-state index >= 15 is 0 Å². The maximum Gasteiger partial charge on any atom is 0.321 e. The molecule has 1 unspecified atom stereocenters. The van der Waals surface area contributed by atoms with Gasteiger partial charge in [0, 0.05) is 5.92 Å². The first-order valence-corrected chi connectivity index (χ1v) is 3.44. The van der Waals surface area contributed by atoms with E-state index in [1.54, 1.807) is 13.8 Å². The zero-order valence-corrected chi connectivity index (χ0v) is 6.65. The van der Waals surface area contributed by atoms with Gasteiger partial charge < -0.3 is 15.6 Å². The van der Waals surface area contributed by atoms with Gasteiger partial charge in [-0.3, -0.25) is 4.79 Å². The number of carboxylic acid groups (broad SMARTS) is 1. The van der Waals surface area contributed by atoms with Gasteiger partial charge in [-0.25, -0.2) is 0 Å². The summed E-state index contributed by atoms with van der Waals surface area (Å²) in [7, 11) is 0. The standard InChI is InChI=1S/C7H13NO3/c1-4(2)5(3-9)6(8)7(10)11/h3-6H,8H2,1-2H3,(H,10,11)/t5?,6-/m0/s1. The summed E-state index contributed by atoms with van der Waals surface area (Å²) in [6.07, 6.45) is 0.601. The maximum absolute atomic E-state index is 10.3. The number of aliphatic carboxylic acids is 1. The minimum atomic E-state index is -1.13. The molecule has 0 fully saturated rings. The minimum Gasteiger partial charge on any atom is -0.480 e. The van der Waals surface area contributed by atoms with Crippen LogP contribution in [-0.4, -0.2) is 23.4 Å². The van der Waals surface area contributed by atoms with Crippen LogP contribution in [0.5, 0.6) is 0 Å². The Hall–Kier alpha value is -0.900. The van der Waals surface area contributed by atoms with E-state index in [2.05, 4.69) is 0 Å². The van der Waals surface area contributed by atoms with Gasteiger partial charge in [0.25, 0.3) is 0 Å². The summed E-state index contributed by atoms with van der Waals surface area (Å²) in [6.45, 7) is 3.53. The molecule has 2 atom stereocenters. The van der Waals surface area contributed by atoms with Gasteiger partial charge in [0.05, 0.1) is 0 Å². The first-order chi connectivity index (χ1) is 5.00. The van der Waals surface area contributed by atoms with Crippen LogP contribution in [0.25, 0.3) is 0 Å². The normalized spacial score (nSPS) is 16.0. The number of carbonyl (C=O) groups is 2. The number of carbonyl (C=O) groups excluding carboxylic acids is 1. The van der Waals surface area contributed by atoms with E-state index in [0.29, 0.717) is 6.29 Å². The fourth-order valence-electron chi connectivity index (χ4n) is 0.821. The van der Waals surface area contributed by atoms with Crippen LogP contribution in [0.2, 0.25) is 0 Å². The number of hydrogen-bond donors (Lipinski definition) is 2. The molecule has 0 aliphatic rings. The summed E-state index contributed by atoms with van der Waals surface area (Å²) in [5.41, 5.74) is 5.24. The Labute approximate surface area is 65.4 Å². The Morgan fingerprint density at radius 1 is 1.55 bits per heavy atom. The van der Waals surface area contributed by atoms with Gasteiger partial charge in [-0.05, 0) is 5.92 Å². The number of carboxylic acids is 1. The second-order valence-electron chi connectivity index (χ2n) is 2.82. The number of rotatable bonds is 4. The third-order valence-corrected chi connectivity index (χ3v) is 1.63. The predicted octanol–water partition coefficient (Wildman–Crippen LogP) is -0.131. The third kappa shape index (κ3) is 2.67. The highest BCUT2D eigenvalue weighted by atomic mass is 16.4. The van der Waals surface area contributed by atoms with E-state index in [0.717, 1.165) is 0 Å². The third-order valence-electron chi connectivity index (χ3n) is 1.63. The van der Waals surface area contributed by atoms with Crippen molar-refractivity contribution >= 4 is 12.3 Å². The lowest BCUT2D eigenvalue weighted by atomic mass is 9.90. The highest BCUT2D eigenvalue weighted by molar-refractivity contribution is 5.78. The van der Waals surface area contributed by atoms with Gasteiger partial charge in [0.15, 0.2) is 0 Å². The fourth-order valence-corrected chi connectivity index (χ4v) is 0.821. The molecule has 0 aromatic rings. The molecule has 0 saturated heterocycles. The molecule has 0 aromatic carbocycles. The average Bonchev–Trinajstić information content (AvgIpc) is 1.88. The summed E-state index contributed by atoms with van der Waals surface area (Å²) < 4.78 is 0. The lowest BCUT2D eigenvalue weighted by Crippen LogP contribution is -2.41. The Bertz CT molecular complexity index is 156. The first kappa shape index (κ1) is 10.1. The summed E-state index contributed by atoms with van der Waals surface area (Å²) in [6, 6.07) is -1.08. The van der Waals surface area contributed by atoms with E-state index in [9.17, 15) is 9.59 Å². The van der Waals surface area contributed by atoms with Crippen molar-refractivity contribution in [3.63, 3.8) is 0 Å². The van der Waals surface area contributed by atoms with E-state index in [1.807, 2.05) is 0 Å². The molecule has 0 saturated carbocycles. The molecule has 0 heterocycles. The smallest absolute Gasteiger partial charge is 0.321 e. The highest BCUT2D eigenvalue weighted by Crippen LogP contribution is 2.11. The van der Waals surface area contributed by atoms with Crippen LogP contribution >= 0.6 is 0 Å². The first-order valence-electron chi connectivity index (χ1n) is 3.44. The predicted molar refractivity (Wildman–Crippen MR) is 40.0 cm³/mol. The van der Waals surface area contributed by atoms with Crippen LogP contribution in [0, 0.1) is 11.8 Å². The van der Waals surface area contributed by atoms with Gasteiger partial charge in [0.2, 0.25) is 0 Å². The van der Waals surface area contributed by atoms with Gasteiger partial charge in [-0.1, -0.05) is 13.8 Å². The molecular formula is C7H13NO3. The zero-order chi connectivity index (χ0) is 9.02. The SMILES string of the molecule is CC(C)C(C=O)[C@H](N)C(=O)O. The molecule has 0 aliphatic carbocycles. The maximum atomic E-state index is 10.3. The number of aldehydes is 1. The van der Waals surface area contributed by atoms with Gasteiger partial charge in [-0.15, -0.1) is 0 Å². The highest BCUT2D eigenvalue weighted by Gasteiger charge is 2.26. The van der Waals surface area contributed by atoms with E-state index in [-0.39, 0.29) is 5.92 Å². The van der Waals surface area contributed by atoms with E-state index in [4.69, 9.17) is 10.8 Å². The lowest BCUT2D eigenvalue weighted by Gasteiger charge is -2.17. The number of nitrogens with two attached hydrogens (primary N) is 1. The van der Waals surface area contributed by atoms with Crippen LogP contribution in [0.15, 0.2) is 0 Å². The van der Waals surface area contributed by atoms with Crippen molar-refractivity contribution in [1.29, 1.82) is 0 Å². The molecule has 0 rings (SSSR count). The van der Waals surface area contributed by atoms with E-state index in [1.165, 1.54) is 0 Å². The minimum absolute atomic E-state index is 0.0291. The van der Waals surface area contributed by atoms with Crippen LogP contribution in [-0.2, 0) is 9.59 Å². The summed E-state index contributed by atoms with van der Waals surface area (Å²) in [5.74, 6) is -1.75. The molecule has 64 valence electrons. The molecule has 0 bridgehead atoms. The molecule has 4 nitrogen and oxygen atoms in total. The second kappa shape index (κ2) is 4.08. The Morgan fingerprint density at radius 2 is 2.00 bits per heavy atom. The van der Waals surface area contributed by atoms with Crippen LogP contribution in [0.3, 0.4) is 0 Å². The Morgan fingerprint density at radius 3 is 2.09 bits per heavy atom. The fraction of sp³-hybridized carbons (Fsp3) is 0.714. The molecule has 0 spiro atoms. The lowest BCUT2D eigenvalue weighted by molar-refractivity contribution is -0.141. The molecule has 11 heavy (non-hydrogen) atoms. The molecule has 0 radical (unpaired) electrons. The Balaban J connectivity index is 4.25. The number of hydrogen-bond acceptors (Lipinski definition) is 3. The second-order valence-corrected chi connectivity index (χ2v) is 2.82. The van der Waals surface area contributed by atoms with Crippen LogP contribution in [0.4, 0.5) is 0 Å². The van der Waals surface area contributed by atoms with Crippen molar-refractivity contribution < 1.29 is 14.7 Å². The average molecular weight is 159 g/mol. The largest absolute Gasteiger partial charge is 0.480 e. The summed E-state index contributed by atoms with van der Waals surface area (Å²) in [4.78, 5) is 20.7. The van der Waals surface area contributed by atoms with Crippen molar-refractivity contribution in [2.45, 2.75) is 19.9 Å². The zero-order valence-electron chi connectivity index (χ0n) is 6.65. The van der Waals surface area contributed by atoms with Crippen LogP contribution < -0.4 is 5.73 Å². The molecule has 0 amide bonds. The molecule has 3 N–H and O–H groups in total. The van der Waals surface area contributed by atoms with Crippen molar-refractivity contribution in [2.24, 2.45) is 17.6 Å². The van der Waals surface area contributed by atoms with Crippen molar-refractivity contribution in [3.05, 3.63) is 0 Å². The van der Waals surface area contributed by atoms with Crippen molar-refractivity contribution in [3.8, 4) is 0 Å². The van der Waals surface area contributed by atoms with Gasteiger partial charge >= 0.3 is 5.97 Å². The molecular weight excluding hydrogens is 146 g/mol. The van der Waals surface area contributed by atoms with Gasteiger partial charge in [0.1, 0.15) is 12.3 Å². The van der Waals surface area contributed by atoms with Crippen molar-refractivity contribution in [1.82, 2.24) is 0 Å². The quantitative estimate of drug-likeness (QED) is 0.560. The summed E-state index contributed by atoms with van der Waals surface area (Å²) in [5, 5.41) is 8.45. The Kier molecular flexibility index (Phi) is 3.74. The van der Waals surface area contributed by atoms with Gasteiger partial charge in [-0.2, -0.15) is 0 Å². The van der Waals surface area contributed by atoms with Crippen LogP contribution in [0.1, 0.15) is 13.8 Å². The van der Waals surface area contributed by atoms with Crippen molar-refractivity contribution in [2.75, 3.05) is 0 Å².